The Morgan fingerprint density at radius 3 is 2.76 bits per heavy atom. The Morgan fingerprint density at radius 2 is 1.86 bits per heavy atom. The Bertz CT molecular complexity index is 775. The smallest absolute Gasteiger partial charge is 0.0708 e. The van der Waals surface area contributed by atoms with Gasteiger partial charge in [0.1, 0.15) is 0 Å². The molecule has 104 valence electrons. The van der Waals surface area contributed by atoms with Crippen molar-refractivity contribution in [3.8, 4) is 11.1 Å². The fraction of sp³-hybridized carbons (Fsp3) is 0.211. The number of aromatic nitrogens is 1. The van der Waals surface area contributed by atoms with Crippen molar-refractivity contribution >= 4 is 10.9 Å². The van der Waals surface area contributed by atoms with Gasteiger partial charge in [-0.1, -0.05) is 36.4 Å². The lowest BCUT2D eigenvalue weighted by molar-refractivity contribution is 0.688. The predicted molar refractivity (Wildman–Crippen MR) is 87.0 cm³/mol. The molecule has 1 aromatic heterocycles. The second-order valence-corrected chi connectivity index (χ2v) is 5.77. The minimum absolute atomic E-state index is 0.749. The Kier molecular flexibility index (Phi) is 3.17. The van der Waals surface area contributed by atoms with Gasteiger partial charge >= 0.3 is 0 Å². The molecule has 2 nitrogen and oxygen atoms in total. The first-order chi connectivity index (χ1) is 10.4. The third-order valence-electron chi connectivity index (χ3n) is 4.04. The SMILES string of the molecule is c1cc(CNC2CC2)cc(-c2ccc3cccnc3c2)c1. The van der Waals surface area contributed by atoms with Crippen LogP contribution in [0.3, 0.4) is 0 Å². The summed E-state index contributed by atoms with van der Waals surface area (Å²) in [7, 11) is 0. The van der Waals surface area contributed by atoms with E-state index in [1.54, 1.807) is 0 Å². The van der Waals surface area contributed by atoms with Crippen LogP contribution in [0.1, 0.15) is 18.4 Å². The molecule has 0 radical (unpaired) electrons. The minimum atomic E-state index is 0.749. The third kappa shape index (κ3) is 2.81. The molecule has 2 heteroatoms. The molecule has 0 spiro atoms. The van der Waals surface area contributed by atoms with E-state index in [0.717, 1.165) is 18.1 Å². The number of hydrogen-bond acceptors (Lipinski definition) is 2. The van der Waals surface area contributed by atoms with Crippen LogP contribution in [0.15, 0.2) is 60.8 Å². The second kappa shape index (κ2) is 5.30. The van der Waals surface area contributed by atoms with Crippen molar-refractivity contribution < 1.29 is 0 Å². The molecule has 0 amide bonds. The van der Waals surface area contributed by atoms with Gasteiger partial charge in [0.05, 0.1) is 5.52 Å². The van der Waals surface area contributed by atoms with E-state index >= 15 is 0 Å². The highest BCUT2D eigenvalue weighted by Gasteiger charge is 2.19. The van der Waals surface area contributed by atoms with Crippen LogP contribution >= 0.6 is 0 Å². The first kappa shape index (κ1) is 12.5. The molecule has 1 N–H and O–H groups in total. The van der Waals surface area contributed by atoms with Gasteiger partial charge in [0, 0.05) is 24.2 Å². The maximum atomic E-state index is 4.45. The molecule has 1 aliphatic carbocycles. The molecule has 3 aromatic rings. The van der Waals surface area contributed by atoms with Gasteiger partial charge in [0.15, 0.2) is 0 Å². The van der Waals surface area contributed by atoms with Crippen LogP contribution in [0.2, 0.25) is 0 Å². The van der Waals surface area contributed by atoms with Crippen molar-refractivity contribution in [2.75, 3.05) is 0 Å². The number of benzene rings is 2. The lowest BCUT2D eigenvalue weighted by Gasteiger charge is -2.07. The van der Waals surface area contributed by atoms with E-state index in [2.05, 4.69) is 58.8 Å². The van der Waals surface area contributed by atoms with Crippen LogP contribution in [-0.2, 0) is 6.54 Å². The Hall–Kier alpha value is -2.19. The second-order valence-electron chi connectivity index (χ2n) is 5.77. The molecule has 0 bridgehead atoms. The van der Waals surface area contributed by atoms with Gasteiger partial charge in [-0.3, -0.25) is 4.98 Å². The molecule has 1 saturated carbocycles. The monoisotopic (exact) mass is 274 g/mol. The lowest BCUT2D eigenvalue weighted by atomic mass is 10.0. The summed E-state index contributed by atoms with van der Waals surface area (Å²) in [6.45, 7) is 0.963. The highest BCUT2D eigenvalue weighted by molar-refractivity contribution is 5.84. The van der Waals surface area contributed by atoms with Crippen molar-refractivity contribution in [2.45, 2.75) is 25.4 Å². The molecular weight excluding hydrogens is 256 g/mol. The minimum Gasteiger partial charge on any atom is -0.310 e. The molecule has 0 saturated heterocycles. The van der Waals surface area contributed by atoms with E-state index < -0.39 is 0 Å². The van der Waals surface area contributed by atoms with Crippen LogP contribution in [0.4, 0.5) is 0 Å². The molecule has 4 rings (SSSR count). The van der Waals surface area contributed by atoms with E-state index in [1.165, 1.54) is 34.9 Å². The topological polar surface area (TPSA) is 24.9 Å². The van der Waals surface area contributed by atoms with Gasteiger partial charge in [-0.15, -0.1) is 0 Å². The van der Waals surface area contributed by atoms with E-state index in [4.69, 9.17) is 0 Å². The molecule has 0 atom stereocenters. The fourth-order valence-corrected chi connectivity index (χ4v) is 2.66. The Labute approximate surface area is 124 Å². The summed E-state index contributed by atoms with van der Waals surface area (Å²) in [4.78, 5) is 4.45. The van der Waals surface area contributed by atoms with Gasteiger partial charge in [-0.2, -0.15) is 0 Å². The maximum absolute atomic E-state index is 4.45. The molecule has 1 aliphatic rings. The molecule has 0 unspecified atom stereocenters. The number of fused-ring (bicyclic) bond motifs is 1. The van der Waals surface area contributed by atoms with Crippen LogP contribution in [0.5, 0.6) is 0 Å². The van der Waals surface area contributed by atoms with Gasteiger partial charge in [0.2, 0.25) is 0 Å². The van der Waals surface area contributed by atoms with E-state index in [9.17, 15) is 0 Å². The molecular formula is C19H18N2. The maximum Gasteiger partial charge on any atom is 0.0708 e. The fourth-order valence-electron chi connectivity index (χ4n) is 2.66. The lowest BCUT2D eigenvalue weighted by Crippen LogP contribution is -2.15. The summed E-state index contributed by atoms with van der Waals surface area (Å²) in [5.74, 6) is 0. The van der Waals surface area contributed by atoms with E-state index in [-0.39, 0.29) is 0 Å². The average Bonchev–Trinajstić information content (AvgIpc) is 3.37. The van der Waals surface area contributed by atoms with Gasteiger partial charge < -0.3 is 5.32 Å². The van der Waals surface area contributed by atoms with Crippen molar-refractivity contribution in [2.24, 2.45) is 0 Å². The van der Waals surface area contributed by atoms with Crippen molar-refractivity contribution in [1.82, 2.24) is 10.3 Å². The highest BCUT2D eigenvalue weighted by atomic mass is 14.9. The summed E-state index contributed by atoms with van der Waals surface area (Å²) >= 11 is 0. The van der Waals surface area contributed by atoms with Crippen LogP contribution in [0.25, 0.3) is 22.0 Å². The molecule has 1 heterocycles. The first-order valence-corrected chi connectivity index (χ1v) is 7.56. The number of pyridine rings is 1. The number of nitrogens with zero attached hydrogens (tertiary/aromatic N) is 1. The van der Waals surface area contributed by atoms with Gasteiger partial charge in [-0.25, -0.2) is 0 Å². The summed E-state index contributed by atoms with van der Waals surface area (Å²) in [6.07, 6.45) is 4.51. The molecule has 21 heavy (non-hydrogen) atoms. The summed E-state index contributed by atoms with van der Waals surface area (Å²) in [6, 6.07) is 20.1. The average molecular weight is 274 g/mol. The summed E-state index contributed by atoms with van der Waals surface area (Å²) in [5.41, 5.74) is 4.89. The number of nitrogens with one attached hydrogen (secondary N) is 1. The van der Waals surface area contributed by atoms with E-state index in [1.807, 2.05) is 12.3 Å². The molecule has 1 fully saturated rings. The zero-order valence-electron chi connectivity index (χ0n) is 11.9. The molecule has 2 aromatic carbocycles. The number of rotatable bonds is 4. The molecule has 0 aliphatic heterocycles. The van der Waals surface area contributed by atoms with Gasteiger partial charge in [0.25, 0.3) is 0 Å². The normalized spacial score (nSPS) is 14.5. The van der Waals surface area contributed by atoms with Crippen molar-refractivity contribution in [3.63, 3.8) is 0 Å². The van der Waals surface area contributed by atoms with Gasteiger partial charge in [-0.05, 0) is 47.7 Å². The predicted octanol–water partition coefficient (Wildman–Crippen LogP) is 4.15. The quantitative estimate of drug-likeness (QED) is 0.773. The van der Waals surface area contributed by atoms with Crippen LogP contribution in [0, 0.1) is 0 Å². The van der Waals surface area contributed by atoms with Crippen LogP contribution in [-0.4, -0.2) is 11.0 Å². The number of hydrogen-bond donors (Lipinski definition) is 1. The Balaban J connectivity index is 1.65. The third-order valence-corrected chi connectivity index (χ3v) is 4.04. The standard InChI is InChI=1S/C19H18N2/c1-3-14(13-21-18-8-9-18)11-16(4-1)17-7-6-15-5-2-10-20-19(15)12-17/h1-7,10-12,18,21H,8-9,13H2. The highest BCUT2D eigenvalue weighted by Crippen LogP contribution is 2.25. The van der Waals surface area contributed by atoms with Crippen LogP contribution < -0.4 is 5.32 Å². The summed E-state index contributed by atoms with van der Waals surface area (Å²) < 4.78 is 0. The largest absolute Gasteiger partial charge is 0.310 e. The van der Waals surface area contributed by atoms with Crippen molar-refractivity contribution in [1.29, 1.82) is 0 Å². The zero-order valence-corrected chi connectivity index (χ0v) is 11.9. The van der Waals surface area contributed by atoms with Crippen molar-refractivity contribution in [3.05, 3.63) is 66.4 Å². The Morgan fingerprint density at radius 1 is 0.952 bits per heavy atom. The summed E-state index contributed by atoms with van der Waals surface area (Å²) in [5, 5.41) is 4.76. The first-order valence-electron chi connectivity index (χ1n) is 7.56. The zero-order chi connectivity index (χ0) is 14.1. The van der Waals surface area contributed by atoms with E-state index in [0.29, 0.717) is 0 Å².